The molecule has 2 saturated carbocycles. The SMILES string of the molecule is COc1c([C@@H](c2cc(OCCOC(=O)CC3CCOC(=O)CC3)ccc2N)C23CC2(c2cccc4ccc([N+](=O)[O-])cc24)C3)c(=O)oc2ccccc12. The van der Waals surface area contributed by atoms with Gasteiger partial charge in [0.15, 0.2) is 0 Å². The van der Waals surface area contributed by atoms with Gasteiger partial charge in [0.1, 0.15) is 30.3 Å². The monoisotopic (exact) mass is 718 g/mol. The molecule has 0 bridgehead atoms. The van der Waals surface area contributed by atoms with Crippen LogP contribution in [0, 0.1) is 21.4 Å². The number of carbonyl (C=O) groups is 2. The highest BCUT2D eigenvalue weighted by atomic mass is 16.6. The summed E-state index contributed by atoms with van der Waals surface area (Å²) in [4.78, 5) is 49.5. The number of esters is 2. The average Bonchev–Trinajstić information content (AvgIpc) is 4.02. The van der Waals surface area contributed by atoms with Crippen molar-refractivity contribution in [1.29, 1.82) is 0 Å². The molecule has 1 aromatic heterocycles. The highest BCUT2D eigenvalue weighted by Gasteiger charge is 2.86. The van der Waals surface area contributed by atoms with Crippen molar-refractivity contribution in [2.24, 2.45) is 11.3 Å². The maximum absolute atomic E-state index is 14.1. The predicted octanol–water partition coefficient (Wildman–Crippen LogP) is 6.96. The van der Waals surface area contributed by atoms with E-state index in [4.69, 9.17) is 29.1 Å². The maximum Gasteiger partial charge on any atom is 0.343 e. The van der Waals surface area contributed by atoms with Gasteiger partial charge < -0.3 is 29.1 Å². The minimum Gasteiger partial charge on any atom is -0.495 e. The fraction of sp³-hybridized carbons (Fsp3) is 0.341. The van der Waals surface area contributed by atoms with E-state index in [0.29, 0.717) is 78.0 Å². The number of ether oxygens (including phenoxy) is 4. The van der Waals surface area contributed by atoms with E-state index < -0.39 is 21.9 Å². The number of carbonyl (C=O) groups excluding carboxylic acids is 2. The molecular weight excluding hydrogens is 680 g/mol. The molecule has 53 heavy (non-hydrogen) atoms. The van der Waals surface area contributed by atoms with Gasteiger partial charge in [-0.2, -0.15) is 0 Å². The van der Waals surface area contributed by atoms with Crippen LogP contribution in [0.25, 0.3) is 21.7 Å². The highest BCUT2D eigenvalue weighted by Crippen LogP contribution is 2.91. The Morgan fingerprint density at radius 3 is 2.64 bits per heavy atom. The summed E-state index contributed by atoms with van der Waals surface area (Å²) < 4.78 is 28.5. The van der Waals surface area contributed by atoms with E-state index in [2.05, 4.69) is 0 Å². The highest BCUT2D eigenvalue weighted by molar-refractivity contribution is 5.91. The van der Waals surface area contributed by atoms with Gasteiger partial charge in [-0.05, 0) is 95.3 Å². The third-order valence-electron chi connectivity index (χ3n) is 11.4. The lowest BCUT2D eigenvalue weighted by Crippen LogP contribution is -2.21. The first-order valence-electron chi connectivity index (χ1n) is 17.7. The summed E-state index contributed by atoms with van der Waals surface area (Å²) in [5, 5.41) is 14.1. The molecule has 2 atom stereocenters. The second-order valence-corrected chi connectivity index (χ2v) is 14.3. The fourth-order valence-corrected chi connectivity index (χ4v) is 8.59. The molecule has 3 aliphatic rings. The molecule has 1 aliphatic heterocycles. The van der Waals surface area contributed by atoms with Gasteiger partial charge in [0.25, 0.3) is 5.69 Å². The Kier molecular flexibility index (Phi) is 8.55. The molecule has 8 rings (SSSR count). The zero-order chi connectivity index (χ0) is 36.9. The number of cyclic esters (lactones) is 1. The molecule has 3 fully saturated rings. The Balaban J connectivity index is 1.12. The van der Waals surface area contributed by atoms with Crippen molar-refractivity contribution in [3.05, 3.63) is 116 Å². The first kappa shape index (κ1) is 34.2. The number of non-ortho nitro benzene ring substituents is 1. The van der Waals surface area contributed by atoms with Crippen LogP contribution in [-0.2, 0) is 24.5 Å². The number of rotatable bonds is 12. The molecule has 2 N–H and O–H groups in total. The van der Waals surface area contributed by atoms with E-state index in [1.165, 1.54) is 13.2 Å². The van der Waals surface area contributed by atoms with Crippen molar-refractivity contribution < 1.29 is 37.9 Å². The zero-order valence-electron chi connectivity index (χ0n) is 29.1. The van der Waals surface area contributed by atoms with Gasteiger partial charge in [-0.15, -0.1) is 0 Å². The molecule has 272 valence electrons. The van der Waals surface area contributed by atoms with Crippen molar-refractivity contribution >= 4 is 45.1 Å². The number of anilines is 1. The minimum absolute atomic E-state index is 0.0111. The molecule has 0 amide bonds. The Morgan fingerprint density at radius 1 is 1.00 bits per heavy atom. The zero-order valence-corrected chi connectivity index (χ0v) is 29.1. The topological polar surface area (TPSA) is 170 Å². The van der Waals surface area contributed by atoms with E-state index in [1.807, 2.05) is 36.4 Å². The lowest BCUT2D eigenvalue weighted by Gasteiger charge is -2.24. The van der Waals surface area contributed by atoms with Crippen LogP contribution in [0.5, 0.6) is 11.5 Å². The number of hydrogen-bond acceptors (Lipinski definition) is 11. The number of methoxy groups -OCH3 is 1. The molecule has 1 unspecified atom stereocenters. The summed E-state index contributed by atoms with van der Waals surface area (Å²) >= 11 is 0. The van der Waals surface area contributed by atoms with Gasteiger partial charge in [0.05, 0.1) is 29.6 Å². The van der Waals surface area contributed by atoms with Gasteiger partial charge in [-0.25, -0.2) is 4.79 Å². The van der Waals surface area contributed by atoms with Crippen LogP contribution in [0.3, 0.4) is 0 Å². The first-order chi connectivity index (χ1) is 25.6. The third-order valence-corrected chi connectivity index (χ3v) is 11.4. The number of nitrogens with two attached hydrogens (primary N) is 1. The smallest absolute Gasteiger partial charge is 0.343 e. The Bertz CT molecular complexity index is 2340. The summed E-state index contributed by atoms with van der Waals surface area (Å²) in [5.74, 6) is -0.283. The number of para-hydroxylation sites is 1. The van der Waals surface area contributed by atoms with E-state index >= 15 is 0 Å². The van der Waals surface area contributed by atoms with Crippen molar-refractivity contribution in [3.63, 3.8) is 0 Å². The summed E-state index contributed by atoms with van der Waals surface area (Å²) in [7, 11) is 1.53. The van der Waals surface area contributed by atoms with Crippen LogP contribution in [0.4, 0.5) is 11.4 Å². The van der Waals surface area contributed by atoms with E-state index in [-0.39, 0.29) is 48.6 Å². The number of nitro benzene ring substituents is 1. The molecule has 12 heteroatoms. The average molecular weight is 719 g/mol. The largest absolute Gasteiger partial charge is 0.495 e. The van der Waals surface area contributed by atoms with Crippen LogP contribution < -0.4 is 20.8 Å². The van der Waals surface area contributed by atoms with Crippen molar-refractivity contribution in [1.82, 2.24) is 0 Å². The summed E-state index contributed by atoms with van der Waals surface area (Å²) in [6, 6.07) is 23.3. The van der Waals surface area contributed by atoms with Gasteiger partial charge >= 0.3 is 17.6 Å². The Hall–Kier alpha value is -5.91. The number of fused-ring (bicyclic) bond motifs is 3. The van der Waals surface area contributed by atoms with Gasteiger partial charge in [0.2, 0.25) is 0 Å². The summed E-state index contributed by atoms with van der Waals surface area (Å²) in [6.45, 7) is 0.407. The normalized spacial score (nSPS) is 22.3. The van der Waals surface area contributed by atoms with Crippen LogP contribution >= 0.6 is 0 Å². The van der Waals surface area contributed by atoms with E-state index in [1.54, 1.807) is 36.4 Å². The Labute approximate surface area is 303 Å². The summed E-state index contributed by atoms with van der Waals surface area (Å²) in [5.41, 5.74) is 8.23. The molecule has 5 aromatic rings. The van der Waals surface area contributed by atoms with Gasteiger partial charge in [0, 0.05) is 42.0 Å². The number of hydrogen-bond donors (Lipinski definition) is 1. The quantitative estimate of drug-likeness (QED) is 0.0353. The second kappa shape index (κ2) is 13.3. The van der Waals surface area contributed by atoms with E-state index in [9.17, 15) is 24.5 Å². The molecule has 2 heterocycles. The fourth-order valence-electron chi connectivity index (χ4n) is 8.59. The number of nitro groups is 1. The third kappa shape index (κ3) is 6.01. The molecule has 12 nitrogen and oxygen atoms in total. The minimum atomic E-state index is -0.580. The van der Waals surface area contributed by atoms with Crippen LogP contribution in [0.15, 0.2) is 88.1 Å². The second-order valence-electron chi connectivity index (χ2n) is 14.3. The predicted molar refractivity (Wildman–Crippen MR) is 195 cm³/mol. The van der Waals surface area contributed by atoms with Crippen molar-refractivity contribution in [3.8, 4) is 11.5 Å². The number of benzene rings is 4. The molecule has 2 aliphatic carbocycles. The lowest BCUT2D eigenvalue weighted by atomic mass is 9.81. The van der Waals surface area contributed by atoms with Crippen LogP contribution in [0.2, 0.25) is 0 Å². The number of nitrogens with zero attached hydrogens (tertiary/aromatic N) is 1. The Morgan fingerprint density at radius 2 is 1.83 bits per heavy atom. The maximum atomic E-state index is 14.1. The van der Waals surface area contributed by atoms with Crippen molar-refractivity contribution in [2.75, 3.05) is 32.7 Å². The van der Waals surface area contributed by atoms with Crippen molar-refractivity contribution in [2.45, 2.75) is 49.9 Å². The van der Waals surface area contributed by atoms with E-state index in [0.717, 1.165) is 16.3 Å². The molecule has 0 spiro atoms. The molecular formula is C41H38N2O10. The number of nitrogen functional groups attached to an aromatic ring is 1. The van der Waals surface area contributed by atoms with Crippen LogP contribution in [-0.4, -0.2) is 43.8 Å². The van der Waals surface area contributed by atoms with Gasteiger partial charge in [-0.3, -0.25) is 19.7 Å². The molecule has 0 radical (unpaired) electrons. The molecule has 4 aromatic carbocycles. The standard InChI is InChI=1S/C41H38N2O10/c1-49-38-28-6-2-3-8-33(28)53-39(46)36(38)37(41-22-40(41,23-41)31-7-4-5-25-10-11-26(43(47)48)20-29(25)31)30-21-27(12-13-32(30)42)50-17-18-52-35(45)19-24-9-14-34(44)51-16-15-24/h2-8,10-13,20-21,24,37H,9,14-19,22-23,42H2,1H3/t24?,37-,40?,41?/m1/s1. The van der Waals surface area contributed by atoms with Gasteiger partial charge in [-0.1, -0.05) is 30.3 Å². The molecule has 1 saturated heterocycles. The summed E-state index contributed by atoms with van der Waals surface area (Å²) in [6.07, 6.45) is 3.13. The first-order valence-corrected chi connectivity index (χ1v) is 17.7. The van der Waals surface area contributed by atoms with Crippen LogP contribution in [0.1, 0.15) is 61.1 Å². The lowest BCUT2D eigenvalue weighted by molar-refractivity contribution is -0.384.